The number of hydrogen-bond donors (Lipinski definition) is 0. The Morgan fingerprint density at radius 3 is 2.07 bits per heavy atom. The third kappa shape index (κ3) is 9.16. The number of aromatic nitrogens is 1. The van der Waals surface area contributed by atoms with Gasteiger partial charge in [-0.3, -0.25) is 9.88 Å². The summed E-state index contributed by atoms with van der Waals surface area (Å²) in [5, 5.41) is 0. The molecule has 0 spiro atoms. The van der Waals surface area contributed by atoms with E-state index < -0.39 is 0 Å². The Bertz CT molecular complexity index is 2140. The molecule has 0 N–H and O–H groups in total. The summed E-state index contributed by atoms with van der Waals surface area (Å²) in [4.78, 5) is 11.3. The summed E-state index contributed by atoms with van der Waals surface area (Å²) in [7, 11) is 5.31. The molecule has 3 aliphatic rings. The molecule has 2 saturated carbocycles. The number of ether oxygens (including phenoxy) is 3. The molecule has 2 heterocycles. The Morgan fingerprint density at radius 1 is 0.702 bits per heavy atom. The third-order valence-electron chi connectivity index (χ3n) is 12.3. The first-order valence-electron chi connectivity index (χ1n) is 21.1. The summed E-state index contributed by atoms with van der Waals surface area (Å²) in [6.07, 6.45) is 16.9. The van der Waals surface area contributed by atoms with Gasteiger partial charge in [0, 0.05) is 66.3 Å². The topological polar surface area (TPSA) is 47.1 Å². The van der Waals surface area contributed by atoms with E-state index in [4.69, 9.17) is 19.2 Å². The number of thioether (sulfide) groups is 1. The van der Waals surface area contributed by atoms with Crippen molar-refractivity contribution in [2.75, 3.05) is 45.6 Å². The van der Waals surface area contributed by atoms with Gasteiger partial charge in [-0.15, -0.1) is 11.8 Å². The molecule has 3 fully saturated rings. The standard InChI is InChI=1S/C50H59N3O3S/c1-6-7-11-45-46(36-12-13-36)26-40(28-48(45)54-2)41-25-35(30-51-31-41)32-52-22-20-43(21-23-52)53(42-16-18-44(57-5)19-17-42)33-34-9-8-10-38(24-34)39-27-47(37-14-15-37)50(56-4)49(29-39)55-3/h8-10,16-19,24-31,36-37,43H,6-7,11-15,20-23,32-33H2,1-5H3. The summed E-state index contributed by atoms with van der Waals surface area (Å²) >= 11 is 1.80. The zero-order chi connectivity index (χ0) is 39.3. The molecule has 8 rings (SSSR count). The molecule has 0 radical (unpaired) electrons. The maximum absolute atomic E-state index is 6.00. The van der Waals surface area contributed by atoms with Gasteiger partial charge in [0.15, 0.2) is 11.5 Å². The van der Waals surface area contributed by atoms with Gasteiger partial charge >= 0.3 is 0 Å². The Kier molecular flexibility index (Phi) is 12.4. The summed E-state index contributed by atoms with van der Waals surface area (Å²) in [5.41, 5.74) is 12.9. The number of benzene rings is 4. The lowest BCUT2D eigenvalue weighted by Crippen LogP contribution is -2.44. The Balaban J connectivity index is 0.987. The maximum Gasteiger partial charge on any atom is 0.164 e. The fourth-order valence-electron chi connectivity index (χ4n) is 8.88. The van der Waals surface area contributed by atoms with Crippen molar-refractivity contribution in [1.82, 2.24) is 9.88 Å². The molecule has 1 aromatic heterocycles. The van der Waals surface area contributed by atoms with Crippen molar-refractivity contribution in [2.45, 2.75) is 101 Å². The number of piperidine rings is 1. The lowest BCUT2D eigenvalue weighted by Gasteiger charge is -2.40. The molecule has 0 amide bonds. The molecule has 6 nitrogen and oxygen atoms in total. The molecule has 0 unspecified atom stereocenters. The van der Waals surface area contributed by atoms with Crippen LogP contribution < -0.4 is 19.1 Å². The lowest BCUT2D eigenvalue weighted by molar-refractivity contribution is 0.200. The van der Waals surface area contributed by atoms with Crippen LogP contribution in [0, 0.1) is 0 Å². The summed E-state index contributed by atoms with van der Waals surface area (Å²) < 4.78 is 17.7. The number of nitrogens with zero attached hydrogens (tertiary/aromatic N) is 3. The zero-order valence-corrected chi connectivity index (χ0v) is 35.4. The first kappa shape index (κ1) is 39.4. The van der Waals surface area contributed by atoms with E-state index >= 15 is 0 Å². The number of pyridine rings is 1. The summed E-state index contributed by atoms with van der Waals surface area (Å²) in [5.74, 6) is 3.96. The van der Waals surface area contributed by atoms with Gasteiger partial charge in [0.2, 0.25) is 0 Å². The van der Waals surface area contributed by atoms with Gasteiger partial charge < -0.3 is 19.1 Å². The number of anilines is 1. The number of hydrogen-bond acceptors (Lipinski definition) is 7. The van der Waals surface area contributed by atoms with E-state index in [1.54, 1.807) is 26.0 Å². The van der Waals surface area contributed by atoms with Gasteiger partial charge in [0.1, 0.15) is 5.75 Å². The molecule has 1 aliphatic heterocycles. The second-order valence-corrected chi connectivity index (χ2v) is 17.2. The molecule has 4 aromatic carbocycles. The highest BCUT2D eigenvalue weighted by Gasteiger charge is 2.31. The van der Waals surface area contributed by atoms with E-state index in [1.165, 1.54) is 99.2 Å². The molecule has 5 aromatic rings. The van der Waals surface area contributed by atoms with Crippen molar-refractivity contribution in [3.05, 3.63) is 119 Å². The average Bonchev–Trinajstić information content (AvgIpc) is 4.20. The quantitative estimate of drug-likeness (QED) is 0.0871. The Hall–Kier alpha value is -4.46. The minimum atomic E-state index is 0.441. The molecule has 1 saturated heterocycles. The molecular formula is C50H59N3O3S. The Labute approximate surface area is 345 Å². The van der Waals surface area contributed by atoms with Crippen molar-refractivity contribution in [2.24, 2.45) is 0 Å². The van der Waals surface area contributed by atoms with Crippen molar-refractivity contribution in [3.8, 4) is 39.5 Å². The van der Waals surface area contributed by atoms with Gasteiger partial charge in [-0.2, -0.15) is 0 Å². The molecule has 2 aliphatic carbocycles. The number of likely N-dealkylation sites (tertiary alicyclic amines) is 1. The van der Waals surface area contributed by atoms with E-state index in [0.29, 0.717) is 17.9 Å². The van der Waals surface area contributed by atoms with Gasteiger partial charge in [-0.25, -0.2) is 0 Å². The summed E-state index contributed by atoms with van der Waals surface area (Å²) in [6, 6.07) is 30.2. The second-order valence-electron chi connectivity index (χ2n) is 16.3. The third-order valence-corrected chi connectivity index (χ3v) is 13.1. The fourth-order valence-corrected chi connectivity index (χ4v) is 9.29. The molecule has 57 heavy (non-hydrogen) atoms. The highest BCUT2D eigenvalue weighted by molar-refractivity contribution is 7.98. The normalized spacial score (nSPS) is 16.1. The Morgan fingerprint density at radius 2 is 1.39 bits per heavy atom. The molecule has 7 heteroatoms. The van der Waals surface area contributed by atoms with Crippen LogP contribution in [0.15, 0.2) is 96.2 Å². The maximum atomic E-state index is 6.00. The first-order valence-corrected chi connectivity index (χ1v) is 22.3. The van der Waals surface area contributed by atoms with Crippen LogP contribution in [-0.2, 0) is 19.5 Å². The van der Waals surface area contributed by atoms with Crippen LogP contribution in [0.1, 0.15) is 97.9 Å². The largest absolute Gasteiger partial charge is 0.496 e. The minimum Gasteiger partial charge on any atom is -0.496 e. The zero-order valence-electron chi connectivity index (χ0n) is 34.6. The first-order chi connectivity index (χ1) is 28.0. The SMILES string of the molecule is CCCCc1c(OC)cc(-c2cncc(CN3CCC(N(Cc4cccc(-c5cc(OC)c(OC)c(C6CC6)c5)c4)c4ccc(SC)cc4)CC3)c2)cc1C1CC1. The van der Waals surface area contributed by atoms with E-state index in [9.17, 15) is 0 Å². The van der Waals surface area contributed by atoms with E-state index in [0.717, 1.165) is 62.7 Å². The predicted molar refractivity (Wildman–Crippen MR) is 236 cm³/mol. The monoisotopic (exact) mass is 781 g/mol. The lowest BCUT2D eigenvalue weighted by atomic mass is 9.93. The fraction of sp³-hybridized carbons (Fsp3) is 0.420. The van der Waals surface area contributed by atoms with Crippen molar-refractivity contribution in [3.63, 3.8) is 0 Å². The van der Waals surface area contributed by atoms with Crippen LogP contribution in [0.4, 0.5) is 5.69 Å². The molecule has 0 atom stereocenters. The van der Waals surface area contributed by atoms with E-state index in [-0.39, 0.29) is 0 Å². The number of methoxy groups -OCH3 is 3. The highest BCUT2D eigenvalue weighted by Crippen LogP contribution is 2.49. The highest BCUT2D eigenvalue weighted by atomic mass is 32.2. The van der Waals surface area contributed by atoms with Crippen LogP contribution in [-0.4, -0.2) is 56.6 Å². The summed E-state index contributed by atoms with van der Waals surface area (Å²) in [6.45, 7) is 6.14. The van der Waals surface area contributed by atoms with Crippen LogP contribution in [0.2, 0.25) is 0 Å². The molecular weight excluding hydrogens is 723 g/mol. The smallest absolute Gasteiger partial charge is 0.164 e. The van der Waals surface area contributed by atoms with Gasteiger partial charge in [-0.05, 0) is 163 Å². The minimum absolute atomic E-state index is 0.441. The van der Waals surface area contributed by atoms with Gasteiger partial charge in [0.25, 0.3) is 0 Å². The van der Waals surface area contributed by atoms with Crippen molar-refractivity contribution < 1.29 is 14.2 Å². The van der Waals surface area contributed by atoms with Crippen LogP contribution in [0.25, 0.3) is 22.3 Å². The predicted octanol–water partition coefficient (Wildman–Crippen LogP) is 11.9. The van der Waals surface area contributed by atoms with Crippen LogP contribution in [0.3, 0.4) is 0 Å². The van der Waals surface area contributed by atoms with Crippen molar-refractivity contribution in [1.29, 1.82) is 0 Å². The number of rotatable bonds is 17. The molecule has 298 valence electrons. The van der Waals surface area contributed by atoms with Crippen molar-refractivity contribution >= 4 is 17.4 Å². The second kappa shape index (κ2) is 18.0. The van der Waals surface area contributed by atoms with E-state index in [2.05, 4.69) is 108 Å². The van der Waals surface area contributed by atoms with Crippen LogP contribution >= 0.6 is 11.8 Å². The molecule has 0 bridgehead atoms. The van der Waals surface area contributed by atoms with Gasteiger partial charge in [-0.1, -0.05) is 37.6 Å². The van der Waals surface area contributed by atoms with E-state index in [1.807, 2.05) is 13.3 Å². The van der Waals surface area contributed by atoms with Gasteiger partial charge in [0.05, 0.1) is 21.3 Å². The van der Waals surface area contributed by atoms with Crippen LogP contribution in [0.5, 0.6) is 17.2 Å². The average molecular weight is 782 g/mol. The number of unbranched alkanes of at least 4 members (excludes halogenated alkanes) is 1.